The Hall–Kier alpha value is -1.25. The summed E-state index contributed by atoms with van der Waals surface area (Å²) in [5.74, 6) is 1.79. The van der Waals surface area contributed by atoms with Crippen LogP contribution in [-0.4, -0.2) is 9.55 Å². The Bertz CT molecular complexity index is 286. The van der Waals surface area contributed by atoms with Gasteiger partial charge in [0.25, 0.3) is 0 Å². The van der Waals surface area contributed by atoms with Crippen molar-refractivity contribution in [2.45, 2.75) is 26.8 Å². The fourth-order valence-corrected chi connectivity index (χ4v) is 1.25. The summed E-state index contributed by atoms with van der Waals surface area (Å²) in [5.41, 5.74) is 6.73. The van der Waals surface area contributed by atoms with E-state index in [-0.39, 0.29) is 0 Å². The molecule has 1 aromatic rings. The lowest BCUT2D eigenvalue weighted by Crippen LogP contribution is -2.05. The zero-order valence-electron chi connectivity index (χ0n) is 7.67. The number of nitrogens with two attached hydrogens (primary N) is 1. The van der Waals surface area contributed by atoms with Crippen LogP contribution in [0.1, 0.15) is 18.4 Å². The van der Waals surface area contributed by atoms with Gasteiger partial charge < -0.3 is 10.3 Å². The monoisotopic (exact) mass is 165 g/mol. The molecule has 0 aliphatic carbocycles. The van der Waals surface area contributed by atoms with E-state index < -0.39 is 0 Å². The number of nitrogen functional groups attached to an aromatic ring is 1. The fourth-order valence-electron chi connectivity index (χ4n) is 1.25. The van der Waals surface area contributed by atoms with Crippen molar-refractivity contribution in [3.05, 3.63) is 24.2 Å². The van der Waals surface area contributed by atoms with Gasteiger partial charge in [-0.2, -0.15) is 0 Å². The highest BCUT2D eigenvalue weighted by molar-refractivity contribution is 5.37. The third kappa shape index (κ3) is 1.35. The minimum Gasteiger partial charge on any atom is -0.384 e. The van der Waals surface area contributed by atoms with Crippen LogP contribution in [0.4, 0.5) is 5.82 Å². The van der Waals surface area contributed by atoms with Gasteiger partial charge in [0.05, 0.1) is 5.69 Å². The molecule has 66 valence electrons. The lowest BCUT2D eigenvalue weighted by atomic mass is 10.4. The molecular weight excluding hydrogens is 150 g/mol. The first-order valence-electron chi connectivity index (χ1n) is 4.13. The minimum atomic E-state index is 0.746. The number of allylic oxidation sites excluding steroid dienone is 1. The highest BCUT2D eigenvalue weighted by Crippen LogP contribution is 2.13. The van der Waals surface area contributed by atoms with Crippen LogP contribution in [0.3, 0.4) is 0 Å². The highest BCUT2D eigenvalue weighted by Gasteiger charge is 2.07. The van der Waals surface area contributed by atoms with Crippen LogP contribution in [-0.2, 0) is 13.0 Å². The van der Waals surface area contributed by atoms with Gasteiger partial charge in [0.2, 0.25) is 0 Å². The molecule has 0 saturated heterocycles. The number of aromatic nitrogens is 2. The Labute approximate surface area is 72.9 Å². The van der Waals surface area contributed by atoms with Gasteiger partial charge in [-0.3, -0.25) is 0 Å². The van der Waals surface area contributed by atoms with E-state index in [1.165, 1.54) is 0 Å². The summed E-state index contributed by atoms with van der Waals surface area (Å²) in [6.45, 7) is 8.42. The molecular formula is C9H15N3. The van der Waals surface area contributed by atoms with E-state index in [0.29, 0.717) is 0 Å². The van der Waals surface area contributed by atoms with Crippen LogP contribution >= 0.6 is 0 Å². The average Bonchev–Trinajstić information content (AvgIpc) is 2.33. The van der Waals surface area contributed by atoms with Gasteiger partial charge >= 0.3 is 0 Å². The Morgan fingerprint density at radius 3 is 2.83 bits per heavy atom. The summed E-state index contributed by atoms with van der Waals surface area (Å²) in [5, 5.41) is 0. The number of imidazole rings is 1. The molecule has 0 saturated carbocycles. The maximum atomic E-state index is 5.82. The Morgan fingerprint density at radius 1 is 1.67 bits per heavy atom. The van der Waals surface area contributed by atoms with Crippen LogP contribution in [0.5, 0.6) is 0 Å². The second kappa shape index (κ2) is 3.43. The van der Waals surface area contributed by atoms with Gasteiger partial charge in [-0.25, -0.2) is 4.98 Å². The number of rotatable bonds is 3. The molecule has 2 N–H and O–H groups in total. The van der Waals surface area contributed by atoms with Crippen molar-refractivity contribution in [1.82, 2.24) is 9.55 Å². The first-order chi connectivity index (χ1) is 5.70. The Balaban J connectivity index is 3.11. The third-order valence-electron chi connectivity index (χ3n) is 1.90. The molecule has 3 nitrogen and oxygen atoms in total. The van der Waals surface area contributed by atoms with Crippen molar-refractivity contribution in [2.75, 3.05) is 5.73 Å². The number of hydrogen-bond donors (Lipinski definition) is 1. The molecule has 0 aliphatic heterocycles. The van der Waals surface area contributed by atoms with Crippen molar-refractivity contribution in [3.63, 3.8) is 0 Å². The first kappa shape index (κ1) is 8.84. The van der Waals surface area contributed by atoms with Gasteiger partial charge in [-0.1, -0.05) is 13.0 Å². The van der Waals surface area contributed by atoms with E-state index in [1.54, 1.807) is 0 Å². The standard InChI is InChI=1S/C9H15N3/c1-4-6-12-8(5-2)11-7(3)9(12)10/h4H,1,5-6,10H2,2-3H3. The van der Waals surface area contributed by atoms with Crippen LogP contribution in [0, 0.1) is 6.92 Å². The van der Waals surface area contributed by atoms with Crippen molar-refractivity contribution in [3.8, 4) is 0 Å². The molecule has 0 aromatic carbocycles. The quantitative estimate of drug-likeness (QED) is 0.690. The van der Waals surface area contributed by atoms with E-state index in [9.17, 15) is 0 Å². The van der Waals surface area contributed by atoms with E-state index >= 15 is 0 Å². The van der Waals surface area contributed by atoms with E-state index in [4.69, 9.17) is 5.73 Å². The van der Waals surface area contributed by atoms with E-state index in [0.717, 1.165) is 30.3 Å². The molecule has 1 aromatic heterocycles. The van der Waals surface area contributed by atoms with Crippen LogP contribution in [0.25, 0.3) is 0 Å². The number of aryl methyl sites for hydroxylation is 2. The smallest absolute Gasteiger partial charge is 0.126 e. The van der Waals surface area contributed by atoms with Crippen molar-refractivity contribution in [2.24, 2.45) is 0 Å². The highest BCUT2D eigenvalue weighted by atomic mass is 15.1. The predicted octanol–water partition coefficient (Wildman–Crippen LogP) is 1.52. The topological polar surface area (TPSA) is 43.8 Å². The van der Waals surface area contributed by atoms with Gasteiger partial charge in [-0.15, -0.1) is 6.58 Å². The summed E-state index contributed by atoms with van der Waals surface area (Å²) in [7, 11) is 0. The van der Waals surface area contributed by atoms with Crippen molar-refractivity contribution < 1.29 is 0 Å². The Morgan fingerprint density at radius 2 is 2.33 bits per heavy atom. The van der Waals surface area contributed by atoms with Gasteiger partial charge in [0.15, 0.2) is 0 Å². The fraction of sp³-hybridized carbons (Fsp3) is 0.444. The molecule has 0 spiro atoms. The molecule has 1 heterocycles. The summed E-state index contributed by atoms with van der Waals surface area (Å²) in [6, 6.07) is 0. The van der Waals surface area contributed by atoms with Crippen LogP contribution < -0.4 is 5.73 Å². The molecule has 3 heteroatoms. The molecule has 0 bridgehead atoms. The third-order valence-corrected chi connectivity index (χ3v) is 1.90. The summed E-state index contributed by atoms with van der Waals surface area (Å²) >= 11 is 0. The first-order valence-corrected chi connectivity index (χ1v) is 4.13. The predicted molar refractivity (Wildman–Crippen MR) is 51.0 cm³/mol. The van der Waals surface area contributed by atoms with Gasteiger partial charge in [0.1, 0.15) is 11.6 Å². The molecule has 0 atom stereocenters. The second-order valence-electron chi connectivity index (χ2n) is 2.75. The van der Waals surface area contributed by atoms with Gasteiger partial charge in [-0.05, 0) is 6.92 Å². The van der Waals surface area contributed by atoms with Crippen LogP contribution in [0.15, 0.2) is 12.7 Å². The molecule has 0 radical (unpaired) electrons. The average molecular weight is 165 g/mol. The number of hydrogen-bond acceptors (Lipinski definition) is 2. The lowest BCUT2D eigenvalue weighted by Gasteiger charge is -2.04. The summed E-state index contributed by atoms with van der Waals surface area (Å²) in [4.78, 5) is 4.34. The SMILES string of the molecule is C=CCn1c(CC)nc(C)c1N. The summed E-state index contributed by atoms with van der Waals surface area (Å²) in [6.07, 6.45) is 2.74. The van der Waals surface area contributed by atoms with Crippen LogP contribution in [0.2, 0.25) is 0 Å². The summed E-state index contributed by atoms with van der Waals surface area (Å²) < 4.78 is 1.99. The van der Waals surface area contributed by atoms with E-state index in [2.05, 4.69) is 18.5 Å². The van der Waals surface area contributed by atoms with Crippen molar-refractivity contribution in [1.29, 1.82) is 0 Å². The number of nitrogens with zero attached hydrogens (tertiary/aromatic N) is 2. The molecule has 0 aliphatic rings. The minimum absolute atomic E-state index is 0.746. The van der Waals surface area contributed by atoms with Gasteiger partial charge in [0, 0.05) is 13.0 Å². The molecule has 1 rings (SSSR count). The second-order valence-corrected chi connectivity index (χ2v) is 2.75. The van der Waals surface area contributed by atoms with E-state index in [1.807, 2.05) is 17.6 Å². The zero-order chi connectivity index (χ0) is 9.14. The molecule has 12 heavy (non-hydrogen) atoms. The normalized spacial score (nSPS) is 10.2. The molecule has 0 unspecified atom stereocenters. The van der Waals surface area contributed by atoms with Crippen molar-refractivity contribution >= 4 is 5.82 Å². The molecule has 0 fully saturated rings. The maximum absolute atomic E-state index is 5.82. The Kier molecular flexibility index (Phi) is 2.53. The molecule has 0 amide bonds. The largest absolute Gasteiger partial charge is 0.384 e. The number of anilines is 1. The lowest BCUT2D eigenvalue weighted by molar-refractivity contribution is 0.757. The zero-order valence-corrected chi connectivity index (χ0v) is 7.67. The maximum Gasteiger partial charge on any atom is 0.126 e.